The van der Waals surface area contributed by atoms with Crippen LogP contribution in [0.3, 0.4) is 0 Å². The van der Waals surface area contributed by atoms with Gasteiger partial charge in [-0.3, -0.25) is 4.79 Å². The summed E-state index contributed by atoms with van der Waals surface area (Å²) >= 11 is 3.38. The lowest BCUT2D eigenvalue weighted by atomic mass is 10.2. The Bertz CT molecular complexity index is 1090. The predicted molar refractivity (Wildman–Crippen MR) is 108 cm³/mol. The summed E-state index contributed by atoms with van der Waals surface area (Å²) in [5.41, 5.74) is 1.00. The molecule has 0 aliphatic heterocycles. The molecule has 2 aromatic carbocycles. The fraction of sp³-hybridized carbons (Fsp3) is 0.211. The van der Waals surface area contributed by atoms with E-state index in [0.29, 0.717) is 39.5 Å². The molecule has 8 heteroatoms. The molecule has 27 heavy (non-hydrogen) atoms. The molecule has 0 radical (unpaired) electrons. The van der Waals surface area contributed by atoms with Gasteiger partial charge < -0.3 is 14.2 Å². The first-order valence-corrected chi connectivity index (χ1v) is 8.81. The number of rotatable bonds is 5. The van der Waals surface area contributed by atoms with Crippen LogP contribution >= 0.6 is 15.9 Å². The van der Waals surface area contributed by atoms with Crippen LogP contribution in [0.25, 0.3) is 10.9 Å². The molecule has 0 amide bonds. The van der Waals surface area contributed by atoms with Crippen molar-refractivity contribution in [3.63, 3.8) is 0 Å². The van der Waals surface area contributed by atoms with Crippen LogP contribution < -0.4 is 19.8 Å². The molecular weight excluding hydrogens is 414 g/mol. The topological polar surface area (TPSA) is 74.9 Å². The minimum absolute atomic E-state index is 0.255. The van der Waals surface area contributed by atoms with E-state index in [2.05, 4.69) is 26.0 Å². The van der Waals surface area contributed by atoms with E-state index in [1.807, 2.05) is 6.07 Å². The molecule has 140 valence electrons. The summed E-state index contributed by atoms with van der Waals surface area (Å²) in [6, 6.07) is 8.79. The number of ether oxygens (including phenoxy) is 3. The highest BCUT2D eigenvalue weighted by Crippen LogP contribution is 2.33. The molecule has 0 saturated heterocycles. The van der Waals surface area contributed by atoms with Crippen molar-refractivity contribution in [1.29, 1.82) is 0 Å². The molecule has 0 saturated carbocycles. The number of benzene rings is 2. The van der Waals surface area contributed by atoms with Crippen LogP contribution in [0.2, 0.25) is 0 Å². The molecule has 0 atom stereocenters. The highest BCUT2D eigenvalue weighted by atomic mass is 79.9. The molecule has 0 bridgehead atoms. The summed E-state index contributed by atoms with van der Waals surface area (Å²) in [6.07, 6.45) is 1.53. The molecule has 7 nitrogen and oxygen atoms in total. The van der Waals surface area contributed by atoms with Gasteiger partial charge in [0.15, 0.2) is 11.5 Å². The summed E-state index contributed by atoms with van der Waals surface area (Å²) in [4.78, 5) is 17.3. The lowest BCUT2D eigenvalue weighted by Crippen LogP contribution is -2.20. The standard InChI is InChI=1S/C19H18BrN3O4/c1-11-22-15-6-5-13(20)8-14(15)19(24)23(11)21-10-12-7-17(26-3)18(27-4)9-16(12)25-2/h5-10H,1-4H3. The van der Waals surface area contributed by atoms with Crippen LogP contribution in [0.4, 0.5) is 0 Å². The second kappa shape index (κ2) is 7.79. The Hall–Kier alpha value is -2.87. The highest BCUT2D eigenvalue weighted by molar-refractivity contribution is 9.10. The third-order valence-corrected chi connectivity index (χ3v) is 4.51. The molecule has 0 fully saturated rings. The van der Waals surface area contributed by atoms with Crippen LogP contribution in [0.1, 0.15) is 11.4 Å². The quantitative estimate of drug-likeness (QED) is 0.578. The van der Waals surface area contributed by atoms with Crippen molar-refractivity contribution >= 4 is 33.0 Å². The van der Waals surface area contributed by atoms with Crippen molar-refractivity contribution in [3.8, 4) is 17.2 Å². The molecule has 1 heterocycles. The lowest BCUT2D eigenvalue weighted by molar-refractivity contribution is 0.349. The Morgan fingerprint density at radius 1 is 1.04 bits per heavy atom. The first kappa shape index (κ1) is 18.9. The van der Waals surface area contributed by atoms with Crippen molar-refractivity contribution < 1.29 is 14.2 Å². The van der Waals surface area contributed by atoms with Crippen LogP contribution in [-0.2, 0) is 0 Å². The maximum atomic E-state index is 12.8. The molecule has 0 N–H and O–H groups in total. The van der Waals surface area contributed by atoms with Gasteiger partial charge in [-0.1, -0.05) is 15.9 Å². The fourth-order valence-electron chi connectivity index (χ4n) is 2.67. The molecule has 3 aromatic rings. The predicted octanol–water partition coefficient (Wildman–Crippen LogP) is 3.38. The van der Waals surface area contributed by atoms with E-state index in [1.54, 1.807) is 52.5 Å². The molecule has 0 spiro atoms. The Balaban J connectivity index is 2.12. The van der Waals surface area contributed by atoms with Gasteiger partial charge in [0, 0.05) is 16.1 Å². The number of halogens is 1. The van der Waals surface area contributed by atoms with Crippen molar-refractivity contribution in [1.82, 2.24) is 9.66 Å². The summed E-state index contributed by atoms with van der Waals surface area (Å²) < 4.78 is 18.0. The Kier molecular flexibility index (Phi) is 5.46. The Morgan fingerprint density at radius 3 is 2.37 bits per heavy atom. The minimum Gasteiger partial charge on any atom is -0.496 e. The van der Waals surface area contributed by atoms with Gasteiger partial charge in [-0.25, -0.2) is 4.98 Å². The SMILES string of the molecule is COc1cc(OC)c(OC)cc1C=Nn1c(C)nc2ccc(Br)cc2c1=O. The van der Waals surface area contributed by atoms with E-state index in [9.17, 15) is 4.79 Å². The van der Waals surface area contributed by atoms with Crippen molar-refractivity contribution in [2.75, 3.05) is 21.3 Å². The molecule has 0 unspecified atom stereocenters. The van der Waals surface area contributed by atoms with E-state index in [4.69, 9.17) is 14.2 Å². The maximum Gasteiger partial charge on any atom is 0.282 e. The largest absolute Gasteiger partial charge is 0.496 e. The van der Waals surface area contributed by atoms with Gasteiger partial charge in [0.1, 0.15) is 11.6 Å². The van der Waals surface area contributed by atoms with Gasteiger partial charge in [-0.15, -0.1) is 0 Å². The number of nitrogens with zero attached hydrogens (tertiary/aromatic N) is 3. The van der Waals surface area contributed by atoms with Crippen molar-refractivity contribution in [2.24, 2.45) is 5.10 Å². The number of aromatic nitrogens is 2. The maximum absolute atomic E-state index is 12.8. The van der Waals surface area contributed by atoms with Crippen molar-refractivity contribution in [2.45, 2.75) is 6.92 Å². The van der Waals surface area contributed by atoms with Crippen molar-refractivity contribution in [3.05, 3.63) is 56.5 Å². The smallest absolute Gasteiger partial charge is 0.282 e. The third-order valence-electron chi connectivity index (χ3n) is 4.02. The number of fused-ring (bicyclic) bond motifs is 1. The van der Waals surface area contributed by atoms with Crippen LogP contribution in [0, 0.1) is 6.92 Å². The Labute approximate surface area is 164 Å². The normalized spacial score (nSPS) is 11.1. The molecule has 3 rings (SSSR count). The monoisotopic (exact) mass is 431 g/mol. The average Bonchev–Trinajstić information content (AvgIpc) is 2.67. The molecule has 0 aliphatic carbocycles. The van der Waals surface area contributed by atoms with Crippen LogP contribution in [-0.4, -0.2) is 37.2 Å². The second-order valence-corrected chi connectivity index (χ2v) is 6.55. The summed E-state index contributed by atoms with van der Waals surface area (Å²) in [5.74, 6) is 2.09. The van der Waals surface area contributed by atoms with E-state index in [0.717, 1.165) is 4.47 Å². The number of hydrogen-bond donors (Lipinski definition) is 0. The van der Waals surface area contributed by atoms with Gasteiger partial charge in [-0.2, -0.15) is 9.78 Å². The second-order valence-electron chi connectivity index (χ2n) is 5.63. The van der Waals surface area contributed by atoms with Gasteiger partial charge in [-0.05, 0) is 31.2 Å². The average molecular weight is 432 g/mol. The summed E-state index contributed by atoms with van der Waals surface area (Å²) in [7, 11) is 4.64. The van der Waals surface area contributed by atoms with Gasteiger partial charge in [0.05, 0.1) is 38.4 Å². The van der Waals surface area contributed by atoms with E-state index in [1.165, 1.54) is 10.9 Å². The molecular formula is C19H18BrN3O4. The highest BCUT2D eigenvalue weighted by Gasteiger charge is 2.12. The van der Waals surface area contributed by atoms with Crippen LogP contribution in [0.15, 0.2) is 44.7 Å². The number of hydrogen-bond acceptors (Lipinski definition) is 6. The first-order chi connectivity index (χ1) is 13.0. The van der Waals surface area contributed by atoms with E-state index < -0.39 is 0 Å². The molecule has 0 aliphatic rings. The van der Waals surface area contributed by atoms with Crippen LogP contribution in [0.5, 0.6) is 17.2 Å². The molecule has 1 aromatic heterocycles. The third kappa shape index (κ3) is 3.66. The van der Waals surface area contributed by atoms with E-state index in [-0.39, 0.29) is 5.56 Å². The summed E-state index contributed by atoms with van der Waals surface area (Å²) in [6.45, 7) is 1.73. The zero-order chi connectivity index (χ0) is 19.6. The first-order valence-electron chi connectivity index (χ1n) is 8.01. The van der Waals surface area contributed by atoms with Gasteiger partial charge in [0.25, 0.3) is 5.56 Å². The van der Waals surface area contributed by atoms with Gasteiger partial charge >= 0.3 is 0 Å². The number of methoxy groups -OCH3 is 3. The van der Waals surface area contributed by atoms with Gasteiger partial charge in [0.2, 0.25) is 0 Å². The Morgan fingerprint density at radius 2 is 1.70 bits per heavy atom. The fourth-order valence-corrected chi connectivity index (χ4v) is 3.03. The minimum atomic E-state index is -0.255. The van der Waals surface area contributed by atoms with E-state index >= 15 is 0 Å². The number of aryl methyl sites for hydroxylation is 1. The summed E-state index contributed by atoms with van der Waals surface area (Å²) in [5, 5.41) is 4.80. The lowest BCUT2D eigenvalue weighted by Gasteiger charge is -2.12. The zero-order valence-corrected chi connectivity index (χ0v) is 16.9. The zero-order valence-electron chi connectivity index (χ0n) is 15.3.